The van der Waals surface area contributed by atoms with E-state index in [0.717, 1.165) is 50.2 Å². The average molecular weight is 494 g/mol. The van der Waals surface area contributed by atoms with Gasteiger partial charge in [-0.05, 0) is 42.2 Å². The third-order valence-electron chi connectivity index (χ3n) is 5.74. The molecule has 0 unspecified atom stereocenters. The van der Waals surface area contributed by atoms with E-state index < -0.39 is 16.1 Å². The fourth-order valence-electron chi connectivity index (χ4n) is 3.94. The number of morpholine rings is 1. The highest BCUT2D eigenvalue weighted by Gasteiger charge is 2.32. The van der Waals surface area contributed by atoms with Gasteiger partial charge in [-0.25, -0.2) is 8.42 Å². The van der Waals surface area contributed by atoms with E-state index in [2.05, 4.69) is 22.3 Å². The normalized spacial score (nSPS) is 15.8. The van der Waals surface area contributed by atoms with Gasteiger partial charge in [-0.15, -0.1) is 0 Å². The van der Waals surface area contributed by atoms with Crippen LogP contribution in [0.3, 0.4) is 0 Å². The van der Waals surface area contributed by atoms with Crippen LogP contribution in [0.1, 0.15) is 30.0 Å². The number of halogens is 1. The molecule has 180 valence electrons. The van der Waals surface area contributed by atoms with Crippen molar-refractivity contribution in [3.63, 3.8) is 0 Å². The number of hydrogen-bond acceptors (Lipinski definition) is 5. The number of rotatable bonds is 9. The highest BCUT2D eigenvalue weighted by Crippen LogP contribution is 2.29. The van der Waals surface area contributed by atoms with Crippen molar-refractivity contribution < 1.29 is 17.9 Å². The van der Waals surface area contributed by atoms with Crippen molar-refractivity contribution in [2.75, 3.05) is 36.9 Å². The minimum absolute atomic E-state index is 0.319. The van der Waals surface area contributed by atoms with Crippen molar-refractivity contribution in [3.05, 3.63) is 64.2 Å². The summed E-state index contributed by atoms with van der Waals surface area (Å²) >= 11 is 6.12. The molecule has 1 N–H and O–H groups in total. The van der Waals surface area contributed by atoms with Crippen LogP contribution in [0.2, 0.25) is 5.02 Å². The molecule has 7 nitrogen and oxygen atoms in total. The topological polar surface area (TPSA) is 79.0 Å². The highest BCUT2D eigenvalue weighted by atomic mass is 35.5. The summed E-state index contributed by atoms with van der Waals surface area (Å²) in [5.74, 6) is -0.348. The van der Waals surface area contributed by atoms with Gasteiger partial charge in [-0.3, -0.25) is 14.0 Å². The Morgan fingerprint density at radius 1 is 1.15 bits per heavy atom. The van der Waals surface area contributed by atoms with Crippen molar-refractivity contribution in [2.45, 2.75) is 39.4 Å². The van der Waals surface area contributed by atoms with Crippen LogP contribution in [-0.4, -0.2) is 57.8 Å². The second kappa shape index (κ2) is 11.3. The van der Waals surface area contributed by atoms with Gasteiger partial charge in [-0.2, -0.15) is 0 Å². The van der Waals surface area contributed by atoms with E-state index in [9.17, 15) is 13.2 Å². The summed E-state index contributed by atoms with van der Waals surface area (Å²) in [6.45, 7) is 8.17. The van der Waals surface area contributed by atoms with Crippen LogP contribution in [0.5, 0.6) is 0 Å². The second-order valence-corrected chi connectivity index (χ2v) is 10.6. The first-order valence-electron chi connectivity index (χ1n) is 11.1. The zero-order chi connectivity index (χ0) is 24.0. The monoisotopic (exact) mass is 493 g/mol. The molecule has 0 radical (unpaired) electrons. The lowest BCUT2D eigenvalue weighted by Gasteiger charge is -2.31. The van der Waals surface area contributed by atoms with Crippen molar-refractivity contribution in [3.8, 4) is 0 Å². The quantitative estimate of drug-likeness (QED) is 0.579. The Hall–Kier alpha value is -2.13. The zero-order valence-electron chi connectivity index (χ0n) is 19.4. The van der Waals surface area contributed by atoms with E-state index in [1.807, 2.05) is 12.1 Å². The van der Waals surface area contributed by atoms with E-state index in [4.69, 9.17) is 16.3 Å². The van der Waals surface area contributed by atoms with Gasteiger partial charge in [0.15, 0.2) is 0 Å². The lowest BCUT2D eigenvalue weighted by molar-refractivity contribution is -0.122. The Morgan fingerprint density at radius 3 is 2.39 bits per heavy atom. The van der Waals surface area contributed by atoms with Crippen LogP contribution < -0.4 is 9.62 Å². The molecular weight excluding hydrogens is 462 g/mol. The maximum atomic E-state index is 13.1. The van der Waals surface area contributed by atoms with Gasteiger partial charge in [0, 0.05) is 31.2 Å². The Labute approximate surface area is 201 Å². The molecule has 1 amide bonds. The van der Waals surface area contributed by atoms with Crippen molar-refractivity contribution in [1.29, 1.82) is 0 Å². The molecule has 0 aromatic heterocycles. The molecule has 0 bridgehead atoms. The molecule has 2 aromatic carbocycles. The lowest BCUT2D eigenvalue weighted by atomic mass is 10.1. The number of amides is 1. The number of hydrogen-bond donors (Lipinski definition) is 1. The Bertz CT molecular complexity index is 1050. The Balaban J connectivity index is 1.68. The van der Waals surface area contributed by atoms with Crippen molar-refractivity contribution in [1.82, 2.24) is 10.2 Å². The summed E-state index contributed by atoms with van der Waals surface area (Å²) in [4.78, 5) is 15.4. The zero-order valence-corrected chi connectivity index (χ0v) is 21.0. The smallest absolute Gasteiger partial charge is 0.244 e. The van der Waals surface area contributed by atoms with Gasteiger partial charge >= 0.3 is 0 Å². The first-order valence-corrected chi connectivity index (χ1v) is 13.3. The van der Waals surface area contributed by atoms with Crippen LogP contribution in [-0.2, 0) is 32.6 Å². The summed E-state index contributed by atoms with van der Waals surface area (Å²) in [6, 6.07) is 12.3. The third kappa shape index (κ3) is 6.93. The van der Waals surface area contributed by atoms with Gasteiger partial charge in [0.1, 0.15) is 6.04 Å². The number of ether oxygens (including phenoxy) is 1. The number of nitrogens with zero attached hydrogens (tertiary/aromatic N) is 2. The number of aryl methyl sites for hydroxylation is 1. The van der Waals surface area contributed by atoms with Gasteiger partial charge in [0.2, 0.25) is 15.9 Å². The van der Waals surface area contributed by atoms with E-state index in [1.54, 1.807) is 32.0 Å². The first-order chi connectivity index (χ1) is 15.7. The minimum atomic E-state index is -3.72. The molecule has 9 heteroatoms. The van der Waals surface area contributed by atoms with Crippen molar-refractivity contribution in [2.24, 2.45) is 0 Å². The maximum Gasteiger partial charge on any atom is 0.244 e. The Kier molecular flexibility index (Phi) is 8.75. The maximum absolute atomic E-state index is 13.1. The fraction of sp³-hybridized carbons (Fsp3) is 0.458. The number of benzene rings is 2. The number of carbonyl (C=O) groups excluding carboxylic acids is 1. The SMILES string of the molecule is CC[C@@H](C(=O)NCc1ccc(CN2CCOCC2)cc1)N(c1cc(Cl)ccc1C)S(C)(=O)=O. The molecule has 0 spiro atoms. The molecular formula is C24H32ClN3O4S. The van der Waals surface area contributed by atoms with E-state index >= 15 is 0 Å². The van der Waals surface area contributed by atoms with Crippen LogP contribution in [0, 0.1) is 6.92 Å². The van der Waals surface area contributed by atoms with Gasteiger partial charge in [-0.1, -0.05) is 48.9 Å². The number of sulfonamides is 1. The molecule has 1 heterocycles. The molecule has 1 fully saturated rings. The number of anilines is 1. The van der Waals surface area contributed by atoms with Crippen LogP contribution in [0.4, 0.5) is 5.69 Å². The fourth-order valence-corrected chi connectivity index (χ4v) is 5.37. The minimum Gasteiger partial charge on any atom is -0.379 e. The van der Waals surface area contributed by atoms with Crippen LogP contribution in [0.15, 0.2) is 42.5 Å². The molecule has 2 aromatic rings. The predicted molar refractivity (Wildman–Crippen MR) is 132 cm³/mol. The average Bonchev–Trinajstić information content (AvgIpc) is 2.78. The van der Waals surface area contributed by atoms with Gasteiger partial charge in [0.25, 0.3) is 0 Å². The largest absolute Gasteiger partial charge is 0.379 e. The molecule has 1 atom stereocenters. The first kappa shape index (κ1) is 25.5. The summed E-state index contributed by atoms with van der Waals surface area (Å²) in [6.07, 6.45) is 1.43. The third-order valence-corrected chi connectivity index (χ3v) is 7.14. The van der Waals surface area contributed by atoms with Gasteiger partial charge in [0.05, 0.1) is 25.2 Å². The van der Waals surface area contributed by atoms with Gasteiger partial charge < -0.3 is 10.1 Å². The van der Waals surface area contributed by atoms with Crippen LogP contribution in [0.25, 0.3) is 0 Å². The molecule has 1 saturated heterocycles. The molecule has 1 aliphatic rings. The summed E-state index contributed by atoms with van der Waals surface area (Å²) in [7, 11) is -3.72. The van der Waals surface area contributed by atoms with E-state index in [1.165, 1.54) is 9.87 Å². The number of carbonyl (C=O) groups is 1. The Morgan fingerprint density at radius 2 is 1.79 bits per heavy atom. The lowest BCUT2D eigenvalue weighted by Crippen LogP contribution is -2.49. The molecule has 0 aliphatic carbocycles. The molecule has 33 heavy (non-hydrogen) atoms. The number of nitrogens with one attached hydrogen (secondary N) is 1. The van der Waals surface area contributed by atoms with Crippen LogP contribution >= 0.6 is 11.6 Å². The molecule has 0 saturated carbocycles. The standard InChI is InChI=1S/C24H32ClN3O4S/c1-4-22(28(33(3,30)31)23-15-21(25)10-5-18(23)2)24(29)26-16-19-6-8-20(9-7-19)17-27-11-13-32-14-12-27/h5-10,15,22H,4,11-14,16-17H2,1-3H3,(H,26,29)/t22-/m0/s1. The second-order valence-electron chi connectivity index (χ2n) is 8.34. The molecule has 1 aliphatic heterocycles. The summed E-state index contributed by atoms with van der Waals surface area (Å²) in [5, 5.41) is 3.32. The predicted octanol–water partition coefficient (Wildman–Crippen LogP) is 3.34. The van der Waals surface area contributed by atoms with E-state index in [0.29, 0.717) is 23.7 Å². The highest BCUT2D eigenvalue weighted by molar-refractivity contribution is 7.92. The molecule has 3 rings (SSSR count). The van der Waals surface area contributed by atoms with Crippen molar-refractivity contribution >= 4 is 33.2 Å². The summed E-state index contributed by atoms with van der Waals surface area (Å²) in [5.41, 5.74) is 3.30. The van der Waals surface area contributed by atoms with E-state index in [-0.39, 0.29) is 5.91 Å². The summed E-state index contributed by atoms with van der Waals surface area (Å²) < 4.78 is 31.9.